The third-order valence-corrected chi connectivity index (χ3v) is 6.35. The van der Waals surface area contributed by atoms with Crippen LogP contribution in [0.15, 0.2) is 88.3 Å². The molecule has 0 aliphatic rings. The van der Waals surface area contributed by atoms with Crippen LogP contribution in [-0.2, 0) is 4.79 Å². The number of carbonyl (C=O) groups excluding carboxylic acids is 1. The molecule has 0 saturated carbocycles. The minimum atomic E-state index is 0.167. The molecule has 0 aliphatic heterocycles. The summed E-state index contributed by atoms with van der Waals surface area (Å²) >= 11 is 1.78. The summed E-state index contributed by atoms with van der Waals surface area (Å²) in [5.74, 6) is 0. The summed E-state index contributed by atoms with van der Waals surface area (Å²) in [5, 5.41) is 0. The minimum absolute atomic E-state index is 0.167. The Morgan fingerprint density at radius 2 is 1.61 bits per heavy atom. The molecular weight excluding hydrogens is 367 g/mol. The van der Waals surface area contributed by atoms with Crippen LogP contribution in [0.5, 0.6) is 0 Å². The molecule has 23 heavy (non-hydrogen) atoms. The maximum atomic E-state index is 10.9. The number of aldehydes is 1. The first-order chi connectivity index (χ1) is 11.3. The van der Waals surface area contributed by atoms with E-state index in [0.29, 0.717) is 0 Å². The first-order valence-corrected chi connectivity index (χ1v) is 10.1. The van der Waals surface area contributed by atoms with Crippen molar-refractivity contribution in [1.29, 1.82) is 0 Å². The first kappa shape index (κ1) is 17.6. The van der Waals surface area contributed by atoms with Crippen molar-refractivity contribution in [2.24, 2.45) is 0 Å². The number of rotatable bonds is 7. The van der Waals surface area contributed by atoms with E-state index < -0.39 is 0 Å². The average Bonchev–Trinajstić information content (AvgIpc) is 2.61. The number of hydrogen-bond donors (Lipinski definition) is 0. The van der Waals surface area contributed by atoms with E-state index in [4.69, 9.17) is 0 Å². The van der Waals surface area contributed by atoms with Crippen molar-refractivity contribution in [3.05, 3.63) is 93.8 Å². The van der Waals surface area contributed by atoms with Crippen LogP contribution in [0, 0.1) is 0 Å². The monoisotopic (exact) mass is 386 g/mol. The molecule has 0 N–H and O–H groups in total. The van der Waals surface area contributed by atoms with Gasteiger partial charge in [-0.1, -0.05) is 0 Å². The second kappa shape index (κ2) is 10.1. The maximum absolute atomic E-state index is 10.9. The molecule has 0 bridgehead atoms. The van der Waals surface area contributed by atoms with Crippen molar-refractivity contribution in [2.45, 2.75) is 0 Å². The summed E-state index contributed by atoms with van der Waals surface area (Å²) in [6.07, 6.45) is 10.8. The Morgan fingerprint density at radius 3 is 2.22 bits per heavy atom. The summed E-state index contributed by atoms with van der Waals surface area (Å²) < 4.78 is 2.50. The summed E-state index contributed by atoms with van der Waals surface area (Å²) in [4.78, 5) is 11.9. The van der Waals surface area contributed by atoms with Crippen LogP contribution in [0.3, 0.4) is 0 Å². The zero-order valence-corrected chi connectivity index (χ0v) is 15.4. The molecule has 1 nitrogen and oxygen atoms in total. The van der Waals surface area contributed by atoms with Gasteiger partial charge in [-0.15, -0.1) is 0 Å². The normalized spacial score (nSPS) is 12.6. The third-order valence-electron chi connectivity index (χ3n) is 2.99. The number of hydrogen-bond acceptors (Lipinski definition) is 2. The van der Waals surface area contributed by atoms with E-state index in [1.54, 1.807) is 17.8 Å². The van der Waals surface area contributed by atoms with Gasteiger partial charge in [0.15, 0.2) is 0 Å². The van der Waals surface area contributed by atoms with Crippen LogP contribution in [-0.4, -0.2) is 27.5 Å². The van der Waals surface area contributed by atoms with E-state index in [2.05, 4.69) is 54.6 Å². The fourth-order valence-electron chi connectivity index (χ4n) is 1.91. The summed E-state index contributed by atoms with van der Waals surface area (Å²) in [6.45, 7) is 0. The second-order valence-electron chi connectivity index (χ2n) is 4.59. The van der Waals surface area contributed by atoms with Gasteiger partial charge in [0.25, 0.3) is 0 Å². The molecule has 0 radical (unpaired) electrons. The molecule has 0 spiro atoms. The van der Waals surface area contributed by atoms with Crippen LogP contribution in [0.1, 0.15) is 5.56 Å². The summed E-state index contributed by atoms with van der Waals surface area (Å²) in [7, 11) is 0. The predicted molar refractivity (Wildman–Crippen MR) is 103 cm³/mol. The summed E-state index contributed by atoms with van der Waals surface area (Å²) in [5.41, 5.74) is 1.17. The van der Waals surface area contributed by atoms with Crippen molar-refractivity contribution in [2.75, 3.05) is 6.26 Å². The molecule has 0 heterocycles. The zero-order chi connectivity index (χ0) is 16.3. The van der Waals surface area contributed by atoms with Crippen molar-refractivity contribution in [3.63, 3.8) is 0 Å². The first-order valence-electron chi connectivity index (χ1n) is 7.19. The topological polar surface area (TPSA) is 17.1 Å². The Balaban J connectivity index is 2.25. The van der Waals surface area contributed by atoms with E-state index >= 15 is 0 Å². The van der Waals surface area contributed by atoms with Gasteiger partial charge in [-0.3, -0.25) is 0 Å². The molecule has 0 aromatic heterocycles. The van der Waals surface area contributed by atoms with E-state index in [-0.39, 0.29) is 15.0 Å². The fourth-order valence-corrected chi connectivity index (χ4v) is 4.92. The molecule has 0 aliphatic carbocycles. The van der Waals surface area contributed by atoms with Crippen molar-refractivity contribution >= 4 is 43.5 Å². The quantitative estimate of drug-likeness (QED) is 0.310. The van der Waals surface area contributed by atoms with E-state index in [0.717, 1.165) is 11.2 Å². The molecule has 0 amide bonds. The predicted octanol–water partition coefficient (Wildman–Crippen LogP) is 4.06. The Kier molecular flexibility index (Phi) is 7.68. The number of thioether (sulfide) groups is 1. The SMILES string of the molecule is CSC(=C\C=O)/C(=C/C=C/c1ccccc1)[Se]c1ccccc1. The van der Waals surface area contributed by atoms with Crippen molar-refractivity contribution < 1.29 is 4.79 Å². The van der Waals surface area contributed by atoms with Crippen LogP contribution in [0.25, 0.3) is 6.08 Å². The molecule has 116 valence electrons. The van der Waals surface area contributed by atoms with Gasteiger partial charge in [0.05, 0.1) is 0 Å². The number of benzene rings is 2. The van der Waals surface area contributed by atoms with E-state index in [1.165, 1.54) is 14.5 Å². The van der Waals surface area contributed by atoms with Gasteiger partial charge < -0.3 is 0 Å². The van der Waals surface area contributed by atoms with Gasteiger partial charge in [0.1, 0.15) is 0 Å². The fraction of sp³-hybridized carbons (Fsp3) is 0.0500. The Labute approximate surface area is 148 Å². The number of allylic oxidation sites excluding steroid dienone is 4. The van der Waals surface area contributed by atoms with Gasteiger partial charge in [-0.2, -0.15) is 0 Å². The average molecular weight is 385 g/mol. The second-order valence-corrected chi connectivity index (χ2v) is 7.78. The molecule has 0 unspecified atom stereocenters. The molecule has 0 saturated heterocycles. The molecule has 0 fully saturated rings. The summed E-state index contributed by atoms with van der Waals surface area (Å²) in [6, 6.07) is 20.6. The van der Waals surface area contributed by atoms with Crippen LogP contribution in [0.4, 0.5) is 0 Å². The van der Waals surface area contributed by atoms with Crippen LogP contribution < -0.4 is 4.46 Å². The van der Waals surface area contributed by atoms with Gasteiger partial charge in [-0.05, 0) is 0 Å². The molecule has 2 rings (SSSR count). The Morgan fingerprint density at radius 1 is 0.957 bits per heavy atom. The molecular formula is C20H18OSSe. The Hall–Kier alpha value is -1.80. The van der Waals surface area contributed by atoms with E-state index in [9.17, 15) is 4.79 Å². The zero-order valence-electron chi connectivity index (χ0n) is 12.9. The van der Waals surface area contributed by atoms with Gasteiger partial charge in [0, 0.05) is 0 Å². The number of carbonyl (C=O) groups is 1. The molecule has 3 heteroatoms. The Bertz CT molecular complexity index is 703. The molecule has 0 atom stereocenters. The third kappa shape index (κ3) is 6.07. The van der Waals surface area contributed by atoms with Gasteiger partial charge in [-0.25, -0.2) is 0 Å². The van der Waals surface area contributed by atoms with Gasteiger partial charge >= 0.3 is 148 Å². The standard InChI is InChI=1S/C20H18OSSe/c1-22-19(15-16-21)20(23-18-12-6-3-7-13-18)14-8-11-17-9-4-2-5-10-17/h2-16H,1H3/b11-8+,19-15-,20-14-. The van der Waals surface area contributed by atoms with Crippen molar-refractivity contribution in [3.8, 4) is 0 Å². The van der Waals surface area contributed by atoms with Gasteiger partial charge in [0.2, 0.25) is 0 Å². The van der Waals surface area contributed by atoms with Crippen LogP contribution in [0.2, 0.25) is 0 Å². The molecule has 2 aromatic carbocycles. The van der Waals surface area contributed by atoms with Crippen LogP contribution >= 0.6 is 11.8 Å². The molecule has 2 aromatic rings. The van der Waals surface area contributed by atoms with E-state index in [1.807, 2.05) is 30.5 Å². The van der Waals surface area contributed by atoms with Crippen molar-refractivity contribution in [1.82, 2.24) is 0 Å².